The standard InChI is InChI=1S/C43H44N2O/c1-28(2)32-13-11-14-33(25-32)30-19-21-31(22-20-30)36-16-12-18-39-40(36)45-41(46-39)37-15-9-10-17-38(37)44-27-29-23-34(42(3,4)5)26-35(24-29)43(6,7)8/h9-28H,1-8H3. The molecule has 0 atom stereocenters. The fourth-order valence-corrected chi connectivity index (χ4v) is 5.72. The Morgan fingerprint density at radius 1 is 0.630 bits per heavy atom. The number of hydrogen-bond acceptors (Lipinski definition) is 3. The van der Waals surface area contributed by atoms with Crippen LogP contribution in [0.3, 0.4) is 0 Å². The predicted octanol–water partition coefficient (Wildman–Crippen LogP) is 12.3. The van der Waals surface area contributed by atoms with Crippen LogP contribution in [-0.2, 0) is 10.8 Å². The molecule has 0 aliphatic rings. The average Bonchev–Trinajstić information content (AvgIpc) is 3.48. The van der Waals surface area contributed by atoms with Crippen LogP contribution in [0.5, 0.6) is 0 Å². The van der Waals surface area contributed by atoms with Crippen LogP contribution < -0.4 is 0 Å². The third kappa shape index (κ3) is 6.60. The summed E-state index contributed by atoms with van der Waals surface area (Å²) in [5.41, 5.74) is 13.0. The molecule has 0 amide bonds. The summed E-state index contributed by atoms with van der Waals surface area (Å²) in [6, 6.07) is 38.6. The summed E-state index contributed by atoms with van der Waals surface area (Å²) in [6.45, 7) is 18.0. The Balaban J connectivity index is 1.34. The largest absolute Gasteiger partial charge is 0.436 e. The second-order valence-corrected chi connectivity index (χ2v) is 14.6. The fraction of sp³-hybridized carbons (Fsp3) is 0.256. The molecule has 0 bridgehead atoms. The zero-order chi connectivity index (χ0) is 32.6. The van der Waals surface area contributed by atoms with Crippen molar-refractivity contribution in [2.24, 2.45) is 4.99 Å². The van der Waals surface area contributed by atoms with E-state index in [1.807, 2.05) is 42.6 Å². The zero-order valence-electron chi connectivity index (χ0n) is 28.3. The first kappa shape index (κ1) is 31.2. The molecule has 6 aromatic rings. The van der Waals surface area contributed by atoms with Crippen molar-refractivity contribution >= 4 is 23.0 Å². The van der Waals surface area contributed by atoms with Crippen LogP contribution in [0.15, 0.2) is 119 Å². The van der Waals surface area contributed by atoms with Gasteiger partial charge in [0.2, 0.25) is 5.89 Å². The van der Waals surface area contributed by atoms with E-state index < -0.39 is 0 Å². The van der Waals surface area contributed by atoms with Gasteiger partial charge in [0.25, 0.3) is 0 Å². The molecule has 232 valence electrons. The van der Waals surface area contributed by atoms with Crippen molar-refractivity contribution in [2.75, 3.05) is 0 Å². The number of aliphatic imine (C=N–C) groups is 1. The van der Waals surface area contributed by atoms with Crippen molar-refractivity contribution in [3.8, 4) is 33.7 Å². The maximum absolute atomic E-state index is 6.38. The maximum Gasteiger partial charge on any atom is 0.229 e. The monoisotopic (exact) mass is 604 g/mol. The van der Waals surface area contributed by atoms with Crippen LogP contribution in [0.4, 0.5) is 5.69 Å². The van der Waals surface area contributed by atoms with Crippen molar-refractivity contribution in [3.05, 3.63) is 131 Å². The molecule has 0 aliphatic carbocycles. The molecule has 0 N–H and O–H groups in total. The number of hydrogen-bond donors (Lipinski definition) is 0. The van der Waals surface area contributed by atoms with Gasteiger partial charge in [-0.25, -0.2) is 4.98 Å². The van der Waals surface area contributed by atoms with Gasteiger partial charge in [-0.15, -0.1) is 0 Å². The molecule has 5 aromatic carbocycles. The first-order valence-corrected chi connectivity index (χ1v) is 16.3. The van der Waals surface area contributed by atoms with E-state index in [2.05, 4.69) is 128 Å². The minimum Gasteiger partial charge on any atom is -0.436 e. The Bertz CT molecular complexity index is 2000. The molecule has 1 aromatic heterocycles. The highest BCUT2D eigenvalue weighted by Crippen LogP contribution is 2.37. The van der Waals surface area contributed by atoms with Gasteiger partial charge in [0.1, 0.15) is 5.52 Å². The number of rotatable bonds is 6. The number of fused-ring (bicyclic) bond motifs is 1. The lowest BCUT2D eigenvalue weighted by Gasteiger charge is -2.25. The van der Waals surface area contributed by atoms with Gasteiger partial charge in [-0.1, -0.05) is 134 Å². The van der Waals surface area contributed by atoms with E-state index in [1.165, 1.54) is 27.8 Å². The molecule has 6 rings (SSSR count). The first-order chi connectivity index (χ1) is 21.9. The summed E-state index contributed by atoms with van der Waals surface area (Å²) in [7, 11) is 0. The van der Waals surface area contributed by atoms with E-state index in [4.69, 9.17) is 14.4 Å². The molecule has 0 unspecified atom stereocenters. The van der Waals surface area contributed by atoms with Gasteiger partial charge in [0, 0.05) is 11.8 Å². The van der Waals surface area contributed by atoms with E-state index in [9.17, 15) is 0 Å². The van der Waals surface area contributed by atoms with Gasteiger partial charge in [-0.05, 0) is 86.0 Å². The first-order valence-electron chi connectivity index (χ1n) is 16.3. The highest BCUT2D eigenvalue weighted by Gasteiger charge is 2.21. The van der Waals surface area contributed by atoms with Crippen molar-refractivity contribution in [3.63, 3.8) is 0 Å². The summed E-state index contributed by atoms with van der Waals surface area (Å²) in [6.07, 6.45) is 1.97. The summed E-state index contributed by atoms with van der Waals surface area (Å²) in [4.78, 5) is 10.0. The Kier molecular flexibility index (Phi) is 8.29. The number of benzene rings is 5. The molecule has 46 heavy (non-hydrogen) atoms. The van der Waals surface area contributed by atoms with Crippen molar-refractivity contribution in [1.82, 2.24) is 4.98 Å². The third-order valence-electron chi connectivity index (χ3n) is 8.68. The van der Waals surface area contributed by atoms with Crippen molar-refractivity contribution in [1.29, 1.82) is 0 Å². The number of aromatic nitrogens is 1. The highest BCUT2D eigenvalue weighted by molar-refractivity contribution is 5.93. The lowest BCUT2D eigenvalue weighted by molar-refractivity contribution is 0.568. The molecule has 0 spiro atoms. The lowest BCUT2D eigenvalue weighted by Crippen LogP contribution is -2.17. The van der Waals surface area contributed by atoms with Gasteiger partial charge in [-0.3, -0.25) is 4.99 Å². The van der Waals surface area contributed by atoms with Gasteiger partial charge < -0.3 is 4.42 Å². The minimum atomic E-state index is 0.0385. The molecule has 1 heterocycles. The fourth-order valence-electron chi connectivity index (χ4n) is 5.72. The molecule has 0 aliphatic heterocycles. The van der Waals surface area contributed by atoms with Gasteiger partial charge in [0.05, 0.1) is 11.3 Å². The quantitative estimate of drug-likeness (QED) is 0.177. The minimum absolute atomic E-state index is 0.0385. The van der Waals surface area contributed by atoms with Gasteiger partial charge in [0.15, 0.2) is 5.58 Å². The summed E-state index contributed by atoms with van der Waals surface area (Å²) < 4.78 is 6.38. The maximum atomic E-state index is 6.38. The molecule has 0 saturated carbocycles. The second kappa shape index (κ2) is 12.2. The number of oxazole rings is 1. The Morgan fingerprint density at radius 3 is 1.93 bits per heavy atom. The molecular weight excluding hydrogens is 560 g/mol. The van der Waals surface area contributed by atoms with Crippen LogP contribution in [0.25, 0.3) is 44.8 Å². The van der Waals surface area contributed by atoms with Gasteiger partial charge >= 0.3 is 0 Å². The topological polar surface area (TPSA) is 38.4 Å². The van der Waals surface area contributed by atoms with Crippen LogP contribution >= 0.6 is 0 Å². The third-order valence-corrected chi connectivity index (χ3v) is 8.68. The summed E-state index contributed by atoms with van der Waals surface area (Å²) in [5.74, 6) is 1.06. The Hall–Kier alpha value is -4.76. The number of para-hydroxylation sites is 2. The van der Waals surface area contributed by atoms with Crippen LogP contribution in [-0.4, -0.2) is 11.2 Å². The summed E-state index contributed by atoms with van der Waals surface area (Å²) in [5, 5.41) is 0. The molecule has 3 heteroatoms. The summed E-state index contributed by atoms with van der Waals surface area (Å²) >= 11 is 0. The molecule has 0 saturated heterocycles. The number of nitrogens with zero attached hydrogens (tertiary/aromatic N) is 2. The Labute approximate surface area is 274 Å². The van der Waals surface area contributed by atoms with E-state index in [0.29, 0.717) is 11.8 Å². The second-order valence-electron chi connectivity index (χ2n) is 14.6. The van der Waals surface area contributed by atoms with Crippen LogP contribution in [0.1, 0.15) is 83.6 Å². The normalized spacial score (nSPS) is 12.5. The molecule has 0 radical (unpaired) electrons. The van der Waals surface area contributed by atoms with E-state index in [1.54, 1.807) is 0 Å². The molecule has 0 fully saturated rings. The Morgan fingerprint density at radius 2 is 1.26 bits per heavy atom. The zero-order valence-corrected chi connectivity index (χ0v) is 28.3. The van der Waals surface area contributed by atoms with Crippen molar-refractivity contribution in [2.45, 2.75) is 72.1 Å². The predicted molar refractivity (Wildman–Crippen MR) is 196 cm³/mol. The molecule has 3 nitrogen and oxygen atoms in total. The van der Waals surface area contributed by atoms with E-state index >= 15 is 0 Å². The van der Waals surface area contributed by atoms with Gasteiger partial charge in [-0.2, -0.15) is 0 Å². The van der Waals surface area contributed by atoms with Crippen LogP contribution in [0.2, 0.25) is 0 Å². The highest BCUT2D eigenvalue weighted by atomic mass is 16.3. The SMILES string of the molecule is CC(C)c1cccc(-c2ccc(-c3cccc4oc(-c5ccccc5N=Cc5cc(C(C)(C)C)cc(C(C)(C)C)c5)nc34)cc2)c1. The van der Waals surface area contributed by atoms with E-state index in [-0.39, 0.29) is 10.8 Å². The molecular formula is C43H44N2O. The van der Waals surface area contributed by atoms with Crippen molar-refractivity contribution < 1.29 is 4.42 Å². The van der Waals surface area contributed by atoms with Crippen LogP contribution in [0, 0.1) is 0 Å². The average molecular weight is 605 g/mol. The smallest absolute Gasteiger partial charge is 0.229 e. The van der Waals surface area contributed by atoms with E-state index in [0.717, 1.165) is 39.0 Å². The lowest BCUT2D eigenvalue weighted by atomic mass is 9.79.